The van der Waals surface area contributed by atoms with Crippen LogP contribution in [0.15, 0.2) is 58.8 Å². The Morgan fingerprint density at radius 1 is 1.22 bits per heavy atom. The van der Waals surface area contributed by atoms with Crippen LogP contribution in [-0.4, -0.2) is 25.1 Å². The quantitative estimate of drug-likeness (QED) is 0.547. The number of hydrogen-bond donors (Lipinski definition) is 1. The lowest BCUT2D eigenvalue weighted by atomic mass is 10.3. The number of aromatic amines is 1. The highest BCUT2D eigenvalue weighted by Crippen LogP contribution is 2.24. The second-order valence-corrected chi connectivity index (χ2v) is 5.37. The fraction of sp³-hybridized carbons (Fsp3) is 0.0714. The van der Waals surface area contributed by atoms with Crippen molar-refractivity contribution in [3.8, 4) is 5.75 Å². The van der Waals surface area contributed by atoms with Crippen LogP contribution in [0.3, 0.4) is 0 Å². The monoisotopic (exact) mass is 329 g/mol. The summed E-state index contributed by atoms with van der Waals surface area (Å²) in [5.41, 5.74) is -0.0544. The van der Waals surface area contributed by atoms with Gasteiger partial charge in [-0.1, -0.05) is 18.2 Å². The summed E-state index contributed by atoms with van der Waals surface area (Å²) in [5, 5.41) is 18.5. The summed E-state index contributed by atoms with van der Waals surface area (Å²) in [5.74, 6) is 1.33. The lowest BCUT2D eigenvalue weighted by molar-refractivity contribution is -0.385. The van der Waals surface area contributed by atoms with Crippen molar-refractivity contribution in [1.82, 2.24) is 20.2 Å². The number of ether oxygens (including phenoxy) is 1. The second kappa shape index (κ2) is 6.88. The topological polar surface area (TPSA) is 107 Å². The lowest BCUT2D eigenvalue weighted by Crippen LogP contribution is -1.97. The van der Waals surface area contributed by atoms with Crippen LogP contribution in [0.2, 0.25) is 0 Å². The van der Waals surface area contributed by atoms with Gasteiger partial charge in [-0.25, -0.2) is 9.97 Å². The van der Waals surface area contributed by atoms with Crippen LogP contribution in [0.5, 0.6) is 5.75 Å². The normalized spacial score (nSPS) is 10.4. The molecule has 0 atom stereocenters. The third-order valence-corrected chi connectivity index (χ3v) is 3.57. The maximum absolute atomic E-state index is 10.6. The van der Waals surface area contributed by atoms with Crippen molar-refractivity contribution in [3.05, 3.63) is 64.6 Å². The largest absolute Gasteiger partial charge is 0.486 e. The number of rotatable bonds is 6. The summed E-state index contributed by atoms with van der Waals surface area (Å²) in [6.45, 7) is 0.269. The van der Waals surface area contributed by atoms with Crippen molar-refractivity contribution >= 4 is 17.4 Å². The van der Waals surface area contributed by atoms with E-state index >= 15 is 0 Å². The first-order chi connectivity index (χ1) is 11.2. The molecule has 0 saturated heterocycles. The molecular weight excluding hydrogens is 318 g/mol. The highest BCUT2D eigenvalue weighted by molar-refractivity contribution is 7.99. The zero-order valence-electron chi connectivity index (χ0n) is 11.7. The van der Waals surface area contributed by atoms with Gasteiger partial charge in [0.2, 0.25) is 5.16 Å². The first-order valence-electron chi connectivity index (χ1n) is 6.58. The molecule has 0 spiro atoms. The Labute approximate surface area is 135 Å². The molecule has 9 heteroatoms. The van der Waals surface area contributed by atoms with Crippen LogP contribution in [-0.2, 0) is 6.61 Å². The van der Waals surface area contributed by atoms with Crippen LogP contribution in [0, 0.1) is 10.1 Å². The predicted octanol–water partition coefficient (Wildman–Crippen LogP) is 2.84. The molecule has 0 aliphatic carbocycles. The summed E-state index contributed by atoms with van der Waals surface area (Å²) in [4.78, 5) is 18.4. The van der Waals surface area contributed by atoms with Crippen LogP contribution < -0.4 is 4.74 Å². The average molecular weight is 329 g/mol. The van der Waals surface area contributed by atoms with Crippen LogP contribution in [0.25, 0.3) is 0 Å². The van der Waals surface area contributed by atoms with Gasteiger partial charge in [-0.2, -0.15) is 0 Å². The third kappa shape index (κ3) is 4.04. The van der Waals surface area contributed by atoms with Gasteiger partial charge in [-0.3, -0.25) is 15.2 Å². The summed E-state index contributed by atoms with van der Waals surface area (Å²) in [6.07, 6.45) is 1.20. The van der Waals surface area contributed by atoms with Crippen molar-refractivity contribution in [3.63, 3.8) is 0 Å². The fourth-order valence-corrected chi connectivity index (χ4v) is 2.37. The molecule has 0 fully saturated rings. The van der Waals surface area contributed by atoms with Gasteiger partial charge < -0.3 is 4.74 Å². The second-order valence-electron chi connectivity index (χ2n) is 4.38. The van der Waals surface area contributed by atoms with Gasteiger partial charge in [0.15, 0.2) is 5.82 Å². The van der Waals surface area contributed by atoms with E-state index in [0.29, 0.717) is 16.0 Å². The SMILES string of the molecule is O=[N+]([O-])c1ccc(Sc2n[nH]c(COc3ccccc3)n2)nc1. The maximum atomic E-state index is 10.6. The Morgan fingerprint density at radius 3 is 2.74 bits per heavy atom. The zero-order chi connectivity index (χ0) is 16.1. The standard InChI is InChI=1S/C14H11N5O3S/c20-19(21)10-6-7-13(15-8-10)23-14-16-12(17-18-14)9-22-11-4-2-1-3-5-11/h1-8H,9H2,(H,16,17,18). The van der Waals surface area contributed by atoms with Crippen molar-refractivity contribution in [1.29, 1.82) is 0 Å². The Bertz CT molecular complexity index is 792. The molecule has 0 radical (unpaired) electrons. The predicted molar refractivity (Wildman–Crippen MR) is 82.2 cm³/mol. The lowest BCUT2D eigenvalue weighted by Gasteiger charge is -2.02. The van der Waals surface area contributed by atoms with Gasteiger partial charge >= 0.3 is 0 Å². The molecule has 0 saturated carbocycles. The molecular formula is C14H11N5O3S. The molecule has 1 aromatic carbocycles. The molecule has 1 N–H and O–H groups in total. The minimum atomic E-state index is -0.493. The number of pyridine rings is 1. The molecule has 2 aromatic heterocycles. The average Bonchev–Trinajstić information content (AvgIpc) is 3.02. The Kier molecular flexibility index (Phi) is 4.48. The number of benzene rings is 1. The number of H-pyrrole nitrogens is 1. The summed E-state index contributed by atoms with van der Waals surface area (Å²) in [7, 11) is 0. The first-order valence-corrected chi connectivity index (χ1v) is 7.40. The summed E-state index contributed by atoms with van der Waals surface area (Å²) >= 11 is 1.21. The summed E-state index contributed by atoms with van der Waals surface area (Å²) < 4.78 is 5.56. The molecule has 0 bridgehead atoms. The minimum absolute atomic E-state index is 0.0544. The van der Waals surface area contributed by atoms with E-state index in [1.807, 2.05) is 30.3 Å². The molecule has 116 valence electrons. The third-order valence-electron chi connectivity index (χ3n) is 2.76. The minimum Gasteiger partial charge on any atom is -0.486 e. The molecule has 23 heavy (non-hydrogen) atoms. The van der Waals surface area contributed by atoms with Crippen LogP contribution in [0.1, 0.15) is 5.82 Å². The van der Waals surface area contributed by atoms with E-state index in [-0.39, 0.29) is 12.3 Å². The molecule has 0 unspecified atom stereocenters. The van der Waals surface area contributed by atoms with Gasteiger partial charge in [0.05, 0.1) is 4.92 Å². The number of nitrogens with zero attached hydrogens (tertiary/aromatic N) is 4. The van der Waals surface area contributed by atoms with Gasteiger partial charge in [-0.05, 0) is 30.0 Å². The highest BCUT2D eigenvalue weighted by Gasteiger charge is 2.09. The molecule has 0 aliphatic rings. The maximum Gasteiger partial charge on any atom is 0.287 e. The summed E-state index contributed by atoms with van der Waals surface area (Å²) in [6, 6.07) is 12.3. The van der Waals surface area contributed by atoms with E-state index in [0.717, 1.165) is 5.75 Å². The van der Waals surface area contributed by atoms with Gasteiger partial charge in [-0.15, -0.1) is 5.10 Å². The van der Waals surface area contributed by atoms with Crippen LogP contribution in [0.4, 0.5) is 5.69 Å². The zero-order valence-corrected chi connectivity index (χ0v) is 12.6. The van der Waals surface area contributed by atoms with E-state index in [4.69, 9.17) is 4.74 Å². The molecule has 8 nitrogen and oxygen atoms in total. The number of nitro groups is 1. The van der Waals surface area contributed by atoms with Crippen LogP contribution >= 0.6 is 11.8 Å². The molecule has 0 aliphatic heterocycles. The van der Waals surface area contributed by atoms with Crippen molar-refractivity contribution < 1.29 is 9.66 Å². The smallest absolute Gasteiger partial charge is 0.287 e. The van der Waals surface area contributed by atoms with Crippen molar-refractivity contribution in [2.24, 2.45) is 0 Å². The van der Waals surface area contributed by atoms with Crippen molar-refractivity contribution in [2.45, 2.75) is 16.8 Å². The van der Waals surface area contributed by atoms with Gasteiger partial charge in [0.25, 0.3) is 5.69 Å². The van der Waals surface area contributed by atoms with Gasteiger partial charge in [0.1, 0.15) is 23.6 Å². The molecule has 3 aromatic rings. The Morgan fingerprint density at radius 2 is 2.04 bits per heavy atom. The number of para-hydroxylation sites is 1. The Balaban J connectivity index is 1.59. The van der Waals surface area contributed by atoms with E-state index in [9.17, 15) is 10.1 Å². The van der Waals surface area contributed by atoms with E-state index in [1.54, 1.807) is 6.07 Å². The van der Waals surface area contributed by atoms with Crippen molar-refractivity contribution in [2.75, 3.05) is 0 Å². The molecule has 3 rings (SSSR count). The highest BCUT2D eigenvalue weighted by atomic mass is 32.2. The number of nitrogens with one attached hydrogen (secondary N) is 1. The van der Waals surface area contributed by atoms with E-state index in [1.165, 1.54) is 24.0 Å². The van der Waals surface area contributed by atoms with E-state index in [2.05, 4.69) is 20.2 Å². The van der Waals surface area contributed by atoms with E-state index < -0.39 is 4.92 Å². The number of hydrogen-bond acceptors (Lipinski definition) is 7. The molecule has 0 amide bonds. The fourth-order valence-electron chi connectivity index (χ4n) is 1.69. The molecule has 2 heterocycles. The Hall–Kier alpha value is -2.94. The first kappa shape index (κ1) is 15.0. The number of aromatic nitrogens is 4. The van der Waals surface area contributed by atoms with Gasteiger partial charge in [0, 0.05) is 6.07 Å².